The van der Waals surface area contributed by atoms with E-state index in [-0.39, 0.29) is 48.0 Å². The second-order valence-corrected chi connectivity index (χ2v) is 10.0. The molecule has 226 valence electrons. The molecule has 1 fully saturated rings. The maximum Gasteiger partial charge on any atom is 0.416 e. The molecule has 0 aliphatic carbocycles. The molecule has 1 unspecified atom stereocenters. The van der Waals surface area contributed by atoms with Gasteiger partial charge in [-0.3, -0.25) is 14.0 Å². The summed E-state index contributed by atoms with van der Waals surface area (Å²) in [6.45, 7) is 2.60. The molecule has 1 aliphatic rings. The molecule has 2 amide bonds. The number of nitrogens with one attached hydrogen (secondary N) is 1. The summed E-state index contributed by atoms with van der Waals surface area (Å²) in [5.41, 5.74) is 6.85. The molecule has 0 radical (unpaired) electrons. The summed E-state index contributed by atoms with van der Waals surface area (Å²) in [7, 11) is 0. The molecule has 4 aromatic rings. The number of pyridine rings is 1. The molecule has 0 spiro atoms. The number of benzene rings is 1. The van der Waals surface area contributed by atoms with Gasteiger partial charge in [0.25, 0.3) is 5.91 Å². The van der Waals surface area contributed by atoms with Gasteiger partial charge in [0.2, 0.25) is 5.91 Å². The fourth-order valence-corrected chi connectivity index (χ4v) is 5.20. The first-order chi connectivity index (χ1) is 20.6. The van der Waals surface area contributed by atoms with Gasteiger partial charge in [-0.15, -0.1) is 0 Å². The number of hydrogen-bond acceptors (Lipinski definition) is 8. The van der Waals surface area contributed by atoms with Crippen LogP contribution in [0.1, 0.15) is 53.8 Å². The van der Waals surface area contributed by atoms with Gasteiger partial charge in [0.15, 0.2) is 0 Å². The van der Waals surface area contributed by atoms with Crippen molar-refractivity contribution < 1.29 is 32.6 Å². The highest BCUT2D eigenvalue weighted by Gasteiger charge is 2.31. The minimum absolute atomic E-state index is 0.0702. The van der Waals surface area contributed by atoms with Crippen molar-refractivity contribution in [3.05, 3.63) is 65.9 Å². The summed E-state index contributed by atoms with van der Waals surface area (Å²) >= 11 is 0. The molecular formula is C29H30F3N7O4. The lowest BCUT2D eigenvalue weighted by Gasteiger charge is -2.32. The summed E-state index contributed by atoms with van der Waals surface area (Å²) in [6.07, 6.45) is 1.71. The van der Waals surface area contributed by atoms with E-state index in [1.165, 1.54) is 12.1 Å². The molecule has 0 saturated carbocycles. The highest BCUT2D eigenvalue weighted by atomic mass is 19.4. The number of aliphatic hydroxyl groups is 1. The van der Waals surface area contributed by atoms with Gasteiger partial charge in [0.05, 0.1) is 12.2 Å². The number of rotatable bonds is 8. The molecule has 1 aromatic carbocycles. The maximum absolute atomic E-state index is 13.1. The number of aromatic nitrogens is 4. The Morgan fingerprint density at radius 2 is 2.00 bits per heavy atom. The topological polar surface area (TPSA) is 148 Å². The molecule has 5 rings (SSSR count). The second-order valence-electron chi connectivity index (χ2n) is 10.0. The predicted octanol–water partition coefficient (Wildman–Crippen LogP) is 4.13. The maximum atomic E-state index is 13.1. The van der Waals surface area contributed by atoms with Crippen molar-refractivity contribution in [2.24, 2.45) is 0 Å². The van der Waals surface area contributed by atoms with Crippen molar-refractivity contribution in [2.45, 2.75) is 38.3 Å². The number of hydrogen-bond donors (Lipinski definition) is 3. The monoisotopic (exact) mass is 597 g/mol. The van der Waals surface area contributed by atoms with E-state index in [2.05, 4.69) is 15.3 Å². The van der Waals surface area contributed by atoms with Gasteiger partial charge in [-0.05, 0) is 43.2 Å². The number of nitrogen functional groups attached to an aromatic ring is 1. The van der Waals surface area contributed by atoms with Crippen molar-refractivity contribution in [1.82, 2.24) is 24.3 Å². The van der Waals surface area contributed by atoms with Gasteiger partial charge in [-0.25, -0.2) is 15.0 Å². The standard InChI is InChI=1S/C29H30F3N7O4/c1-2-23(41)38-10-3-4-18(16-38)27-37-24(25-26(33)35-9-11-39(25)27)20-6-5-17(14-21(20)43-13-12-40)28(42)36-22-15-19(7-8-34-22)29(30,31)32/h5-9,11,14-15,18,40H,2-4,10,12-13,16H2,1H3,(H2,33,35)(H,34,36,42). The number of nitrogens with two attached hydrogens (primary N) is 1. The zero-order valence-electron chi connectivity index (χ0n) is 23.3. The Hall–Kier alpha value is -4.72. The quantitative estimate of drug-likeness (QED) is 0.275. The number of carbonyl (C=O) groups excluding carboxylic acids is 2. The molecule has 14 heteroatoms. The van der Waals surface area contributed by atoms with Crippen LogP contribution in [0.4, 0.5) is 24.8 Å². The highest BCUT2D eigenvalue weighted by molar-refractivity contribution is 6.04. The fraction of sp³-hybridized carbons (Fsp3) is 0.345. The van der Waals surface area contributed by atoms with E-state index in [1.807, 2.05) is 16.2 Å². The van der Waals surface area contributed by atoms with Gasteiger partial charge < -0.3 is 25.8 Å². The molecule has 1 saturated heterocycles. The number of fused-ring (bicyclic) bond motifs is 1. The summed E-state index contributed by atoms with van der Waals surface area (Å²) < 4.78 is 47.0. The molecule has 3 aromatic heterocycles. The van der Waals surface area contributed by atoms with Crippen LogP contribution < -0.4 is 15.8 Å². The Labute approximate surface area is 244 Å². The van der Waals surface area contributed by atoms with Crippen molar-refractivity contribution >= 4 is 29.0 Å². The Kier molecular flexibility index (Phi) is 8.48. The molecule has 11 nitrogen and oxygen atoms in total. The van der Waals surface area contributed by atoms with Crippen LogP contribution in [0.2, 0.25) is 0 Å². The average molecular weight is 598 g/mol. The van der Waals surface area contributed by atoms with E-state index in [1.54, 1.807) is 18.5 Å². The van der Waals surface area contributed by atoms with E-state index >= 15 is 0 Å². The van der Waals surface area contributed by atoms with Crippen LogP contribution in [0.15, 0.2) is 48.9 Å². The number of ether oxygens (including phenoxy) is 1. The lowest BCUT2D eigenvalue weighted by Crippen LogP contribution is -2.39. The Bertz CT molecular complexity index is 1660. The Morgan fingerprint density at radius 1 is 1.19 bits per heavy atom. The van der Waals surface area contributed by atoms with Crippen LogP contribution in [0.25, 0.3) is 16.8 Å². The third kappa shape index (κ3) is 6.23. The van der Waals surface area contributed by atoms with Crippen molar-refractivity contribution in [2.75, 3.05) is 37.4 Å². The normalized spacial score (nSPS) is 15.5. The van der Waals surface area contributed by atoms with E-state index in [0.29, 0.717) is 42.1 Å². The first-order valence-corrected chi connectivity index (χ1v) is 13.7. The number of anilines is 2. The van der Waals surface area contributed by atoms with Gasteiger partial charge in [0.1, 0.15) is 41.0 Å². The summed E-state index contributed by atoms with van der Waals surface area (Å²) in [5.74, 6) is 0.109. The first-order valence-electron chi connectivity index (χ1n) is 13.7. The molecule has 0 bridgehead atoms. The summed E-state index contributed by atoms with van der Waals surface area (Å²) in [4.78, 5) is 40.3. The fourth-order valence-electron chi connectivity index (χ4n) is 5.20. The van der Waals surface area contributed by atoms with Gasteiger partial charge in [-0.2, -0.15) is 13.2 Å². The molecular weight excluding hydrogens is 567 g/mol. The van der Waals surface area contributed by atoms with Crippen LogP contribution >= 0.6 is 0 Å². The number of piperidine rings is 1. The van der Waals surface area contributed by atoms with E-state index in [0.717, 1.165) is 31.2 Å². The number of carbonyl (C=O) groups is 2. The molecule has 43 heavy (non-hydrogen) atoms. The number of aliphatic hydroxyl groups excluding tert-OH is 1. The highest BCUT2D eigenvalue weighted by Crippen LogP contribution is 2.38. The molecule has 4 heterocycles. The molecule has 1 atom stereocenters. The van der Waals surface area contributed by atoms with Crippen molar-refractivity contribution in [3.63, 3.8) is 0 Å². The SMILES string of the molecule is CCC(=O)N1CCCC(c2nc(-c3ccc(C(=O)Nc4cc(C(F)(F)F)ccn4)cc3OCCO)c3c(N)nccn23)C1. The van der Waals surface area contributed by atoms with Crippen LogP contribution in [0.3, 0.4) is 0 Å². The van der Waals surface area contributed by atoms with Crippen LogP contribution in [-0.4, -0.2) is 67.5 Å². The number of imidazole rings is 1. The minimum Gasteiger partial charge on any atom is -0.490 e. The third-order valence-corrected chi connectivity index (χ3v) is 7.23. The summed E-state index contributed by atoms with van der Waals surface area (Å²) in [5, 5.41) is 11.8. The number of nitrogens with zero attached hydrogens (tertiary/aromatic N) is 5. The Balaban J connectivity index is 1.53. The number of amides is 2. The largest absolute Gasteiger partial charge is 0.490 e. The van der Waals surface area contributed by atoms with Crippen LogP contribution in [0, 0.1) is 0 Å². The van der Waals surface area contributed by atoms with Crippen molar-refractivity contribution in [3.8, 4) is 17.0 Å². The minimum atomic E-state index is -4.60. The lowest BCUT2D eigenvalue weighted by molar-refractivity contribution is -0.137. The summed E-state index contributed by atoms with van der Waals surface area (Å²) in [6, 6.07) is 6.02. The van der Waals surface area contributed by atoms with Crippen molar-refractivity contribution in [1.29, 1.82) is 0 Å². The van der Waals surface area contributed by atoms with Crippen LogP contribution in [0.5, 0.6) is 5.75 Å². The zero-order chi connectivity index (χ0) is 30.7. The smallest absolute Gasteiger partial charge is 0.416 e. The van der Waals surface area contributed by atoms with E-state index < -0.39 is 17.6 Å². The third-order valence-electron chi connectivity index (χ3n) is 7.23. The van der Waals surface area contributed by atoms with Gasteiger partial charge >= 0.3 is 6.18 Å². The van der Waals surface area contributed by atoms with Gasteiger partial charge in [0, 0.05) is 55.1 Å². The number of likely N-dealkylation sites (tertiary alicyclic amines) is 1. The van der Waals surface area contributed by atoms with E-state index in [4.69, 9.17) is 15.5 Å². The average Bonchev–Trinajstić information content (AvgIpc) is 3.40. The second kappa shape index (κ2) is 12.3. The zero-order valence-corrected chi connectivity index (χ0v) is 23.3. The number of halogens is 3. The Morgan fingerprint density at radius 3 is 2.74 bits per heavy atom. The molecule has 1 aliphatic heterocycles. The lowest BCUT2D eigenvalue weighted by atomic mass is 9.97. The molecule has 4 N–H and O–H groups in total. The first kappa shape index (κ1) is 29.8. The van der Waals surface area contributed by atoms with Gasteiger partial charge in [-0.1, -0.05) is 6.92 Å². The van der Waals surface area contributed by atoms with Crippen LogP contribution in [-0.2, 0) is 11.0 Å². The van der Waals surface area contributed by atoms with E-state index in [9.17, 15) is 27.9 Å². The number of alkyl halides is 3. The predicted molar refractivity (Wildman–Crippen MR) is 151 cm³/mol.